The van der Waals surface area contributed by atoms with Crippen LogP contribution in [0.15, 0.2) is 18.2 Å². The minimum absolute atomic E-state index is 0.0296. The van der Waals surface area contributed by atoms with Gasteiger partial charge in [-0.1, -0.05) is 0 Å². The summed E-state index contributed by atoms with van der Waals surface area (Å²) in [5, 5.41) is 4.70. The summed E-state index contributed by atoms with van der Waals surface area (Å²) in [5.41, 5.74) is -1.68. The number of amides is 2. The Balaban J connectivity index is 2.72. The van der Waals surface area contributed by atoms with E-state index < -0.39 is 29.5 Å². The summed E-state index contributed by atoms with van der Waals surface area (Å²) in [6.45, 7) is 6.76. The van der Waals surface area contributed by atoms with Crippen LogP contribution in [0.25, 0.3) is 0 Å². The summed E-state index contributed by atoms with van der Waals surface area (Å²) in [4.78, 5) is 22.2. The van der Waals surface area contributed by atoms with E-state index in [1.165, 1.54) is 0 Å². The van der Waals surface area contributed by atoms with Crippen LogP contribution in [-0.4, -0.2) is 30.8 Å². The molecule has 1 rings (SSSR count). The first-order valence-electron chi connectivity index (χ1n) is 7.46. The van der Waals surface area contributed by atoms with E-state index in [1.807, 2.05) is 0 Å². The molecule has 0 unspecified atom stereocenters. The van der Waals surface area contributed by atoms with Gasteiger partial charge in [-0.2, -0.15) is 13.2 Å². The van der Waals surface area contributed by atoms with Crippen LogP contribution in [0, 0.1) is 0 Å². The average Bonchev–Trinajstić information content (AvgIpc) is 2.43. The minimum Gasteiger partial charge on any atom is -0.489 e. The second-order valence-electron chi connectivity index (χ2n) is 6.33. The van der Waals surface area contributed by atoms with Crippen molar-refractivity contribution in [2.75, 3.05) is 11.9 Å². The number of alkyl halides is 3. The van der Waals surface area contributed by atoms with Gasteiger partial charge in [0.05, 0.1) is 17.3 Å². The minimum atomic E-state index is -4.54. The van der Waals surface area contributed by atoms with Gasteiger partial charge in [0.2, 0.25) is 6.41 Å². The van der Waals surface area contributed by atoms with Crippen molar-refractivity contribution in [2.24, 2.45) is 0 Å². The van der Waals surface area contributed by atoms with Crippen molar-refractivity contribution in [1.29, 1.82) is 0 Å². The molecule has 0 saturated heterocycles. The molecule has 0 aliphatic heterocycles. The van der Waals surface area contributed by atoms with Crippen molar-refractivity contribution in [3.05, 3.63) is 23.8 Å². The van der Waals surface area contributed by atoms with Crippen LogP contribution >= 0.6 is 0 Å². The summed E-state index contributed by atoms with van der Waals surface area (Å²) in [7, 11) is 0. The summed E-state index contributed by atoms with van der Waals surface area (Å²) >= 11 is 0. The number of hydrogen-bond donors (Lipinski definition) is 2. The molecular weight excluding hydrogens is 341 g/mol. The molecule has 0 radical (unpaired) electrons. The third kappa shape index (κ3) is 7.32. The van der Waals surface area contributed by atoms with E-state index in [0.717, 1.165) is 18.2 Å². The average molecular weight is 362 g/mol. The highest BCUT2D eigenvalue weighted by atomic mass is 19.4. The zero-order chi connectivity index (χ0) is 19.3. The van der Waals surface area contributed by atoms with Crippen molar-refractivity contribution in [2.45, 2.75) is 45.5 Å². The van der Waals surface area contributed by atoms with Gasteiger partial charge in [0.25, 0.3) is 0 Å². The largest absolute Gasteiger partial charge is 0.489 e. The zero-order valence-corrected chi connectivity index (χ0v) is 14.4. The Bertz CT molecular complexity index is 612. The number of ether oxygens (including phenoxy) is 2. The molecule has 6 nitrogen and oxygen atoms in total. The lowest BCUT2D eigenvalue weighted by molar-refractivity contribution is -0.137. The predicted octanol–water partition coefficient (Wildman–Crippen LogP) is 3.57. The Morgan fingerprint density at radius 2 is 1.92 bits per heavy atom. The molecule has 0 bridgehead atoms. The van der Waals surface area contributed by atoms with Crippen molar-refractivity contribution < 1.29 is 32.2 Å². The molecular formula is C16H21F3N2O4. The zero-order valence-electron chi connectivity index (χ0n) is 14.4. The van der Waals surface area contributed by atoms with Crippen molar-refractivity contribution >= 4 is 18.2 Å². The SMILES string of the molecule is C[C@H](COc1ccc(C(F)(F)F)cc1NC=O)NC(=O)OC(C)(C)C. The Kier molecular flexibility index (Phi) is 6.66. The van der Waals surface area contributed by atoms with E-state index in [9.17, 15) is 22.8 Å². The van der Waals surface area contributed by atoms with E-state index in [-0.39, 0.29) is 24.5 Å². The molecule has 9 heteroatoms. The first kappa shape index (κ1) is 20.6. The number of nitrogens with one attached hydrogen (secondary N) is 2. The predicted molar refractivity (Wildman–Crippen MR) is 85.5 cm³/mol. The number of alkyl carbamates (subject to hydrolysis) is 1. The number of carbonyl (C=O) groups excluding carboxylic acids is 2. The van der Waals surface area contributed by atoms with E-state index in [2.05, 4.69) is 10.6 Å². The number of rotatable bonds is 6. The molecule has 0 aliphatic rings. The van der Waals surface area contributed by atoms with Gasteiger partial charge in [0, 0.05) is 0 Å². The molecule has 2 amide bonds. The molecule has 25 heavy (non-hydrogen) atoms. The van der Waals surface area contributed by atoms with Crippen LogP contribution in [0.5, 0.6) is 5.75 Å². The molecule has 1 atom stereocenters. The van der Waals surface area contributed by atoms with Gasteiger partial charge in [0.1, 0.15) is 18.0 Å². The molecule has 0 fully saturated rings. The van der Waals surface area contributed by atoms with Gasteiger partial charge in [-0.05, 0) is 45.9 Å². The molecule has 0 spiro atoms. The Hall–Kier alpha value is -2.45. The Labute approximate surface area is 143 Å². The number of benzene rings is 1. The third-order valence-electron chi connectivity index (χ3n) is 2.77. The highest BCUT2D eigenvalue weighted by molar-refractivity contribution is 5.76. The van der Waals surface area contributed by atoms with Crippen LogP contribution < -0.4 is 15.4 Å². The van der Waals surface area contributed by atoms with E-state index in [1.54, 1.807) is 27.7 Å². The maximum Gasteiger partial charge on any atom is 0.416 e. The highest BCUT2D eigenvalue weighted by Crippen LogP contribution is 2.34. The van der Waals surface area contributed by atoms with E-state index in [4.69, 9.17) is 9.47 Å². The summed E-state index contributed by atoms with van der Waals surface area (Å²) in [6.07, 6.45) is -4.92. The first-order valence-corrected chi connectivity index (χ1v) is 7.46. The Morgan fingerprint density at radius 3 is 2.44 bits per heavy atom. The third-order valence-corrected chi connectivity index (χ3v) is 2.77. The summed E-state index contributed by atoms with van der Waals surface area (Å²) in [6, 6.07) is 2.25. The normalized spacial score (nSPS) is 12.9. The maximum absolute atomic E-state index is 12.7. The lowest BCUT2D eigenvalue weighted by Crippen LogP contribution is -2.40. The fourth-order valence-electron chi connectivity index (χ4n) is 1.77. The van der Waals surface area contributed by atoms with Gasteiger partial charge < -0.3 is 20.1 Å². The monoisotopic (exact) mass is 362 g/mol. The van der Waals surface area contributed by atoms with Crippen LogP contribution in [-0.2, 0) is 15.7 Å². The van der Waals surface area contributed by atoms with Crippen molar-refractivity contribution in [3.63, 3.8) is 0 Å². The van der Waals surface area contributed by atoms with E-state index in [0.29, 0.717) is 0 Å². The van der Waals surface area contributed by atoms with Gasteiger partial charge in [-0.25, -0.2) is 4.79 Å². The Morgan fingerprint density at radius 1 is 1.28 bits per heavy atom. The second-order valence-corrected chi connectivity index (χ2v) is 6.33. The van der Waals surface area contributed by atoms with Crippen LogP contribution in [0.4, 0.5) is 23.7 Å². The number of halogens is 3. The smallest absolute Gasteiger partial charge is 0.416 e. The van der Waals surface area contributed by atoms with Crippen molar-refractivity contribution in [3.8, 4) is 5.75 Å². The maximum atomic E-state index is 12.7. The van der Waals surface area contributed by atoms with Crippen molar-refractivity contribution in [1.82, 2.24) is 5.32 Å². The molecule has 0 saturated carbocycles. The highest BCUT2D eigenvalue weighted by Gasteiger charge is 2.31. The lowest BCUT2D eigenvalue weighted by Gasteiger charge is -2.22. The van der Waals surface area contributed by atoms with Gasteiger partial charge >= 0.3 is 12.3 Å². The number of anilines is 1. The second kappa shape index (κ2) is 8.09. The van der Waals surface area contributed by atoms with Crippen LogP contribution in [0.1, 0.15) is 33.3 Å². The standard InChI is InChI=1S/C16H21F3N2O4/c1-10(21-14(23)25-15(2,3)4)8-24-13-6-5-11(16(17,18)19)7-12(13)20-9-22/h5-7,9-10H,8H2,1-4H3,(H,20,22)(H,21,23)/t10-/m1/s1. The number of hydrogen-bond acceptors (Lipinski definition) is 4. The molecule has 0 aliphatic carbocycles. The molecule has 0 heterocycles. The van der Waals surface area contributed by atoms with E-state index >= 15 is 0 Å². The number of carbonyl (C=O) groups is 2. The van der Waals surface area contributed by atoms with Gasteiger partial charge in [-0.3, -0.25) is 4.79 Å². The fourth-order valence-corrected chi connectivity index (χ4v) is 1.77. The molecule has 2 N–H and O–H groups in total. The summed E-state index contributed by atoms with van der Waals surface area (Å²) in [5.74, 6) is 0.0536. The van der Waals surface area contributed by atoms with Crippen LogP contribution in [0.2, 0.25) is 0 Å². The topological polar surface area (TPSA) is 76.7 Å². The van der Waals surface area contributed by atoms with Crippen LogP contribution in [0.3, 0.4) is 0 Å². The molecule has 1 aromatic carbocycles. The molecule has 140 valence electrons. The molecule has 1 aromatic rings. The van der Waals surface area contributed by atoms with Gasteiger partial charge in [0.15, 0.2) is 0 Å². The fraction of sp³-hybridized carbons (Fsp3) is 0.500. The quantitative estimate of drug-likeness (QED) is 0.759. The summed E-state index contributed by atoms with van der Waals surface area (Å²) < 4.78 is 48.6. The van der Waals surface area contributed by atoms with Gasteiger partial charge in [-0.15, -0.1) is 0 Å². The first-order chi connectivity index (χ1) is 11.4. The molecule has 0 aromatic heterocycles. The lowest BCUT2D eigenvalue weighted by atomic mass is 10.2.